The lowest BCUT2D eigenvalue weighted by Crippen LogP contribution is -2.93. The van der Waals surface area contributed by atoms with Crippen LogP contribution in [-0.4, -0.2) is 31.0 Å². The van der Waals surface area contributed by atoms with Crippen molar-refractivity contribution in [3.05, 3.63) is 29.3 Å². The van der Waals surface area contributed by atoms with Crippen LogP contribution in [0.2, 0.25) is 0 Å². The quantitative estimate of drug-likeness (QED) is 0.479. The Kier molecular flexibility index (Phi) is 6.84. The number of hydrogen-bond acceptors (Lipinski definition) is 3. The van der Waals surface area contributed by atoms with Gasteiger partial charge in [0.15, 0.2) is 0 Å². The predicted octanol–water partition coefficient (Wildman–Crippen LogP) is -2.05. The zero-order valence-corrected chi connectivity index (χ0v) is 12.6. The second-order valence-electron chi connectivity index (χ2n) is 5.23. The molecule has 0 spiro atoms. The van der Waals surface area contributed by atoms with E-state index in [9.17, 15) is 14.7 Å². The molecule has 1 aromatic carbocycles. The molecule has 0 heterocycles. The number of carboxylic acids is 1. The molecule has 0 aliphatic carbocycles. The molecule has 0 radical (unpaired) electrons. The van der Waals surface area contributed by atoms with Crippen molar-refractivity contribution in [1.82, 2.24) is 0 Å². The Hall–Kier alpha value is -1.92. The molecule has 0 aromatic heterocycles. The number of amides is 1. The molecule has 0 fully saturated rings. The third kappa shape index (κ3) is 5.93. The van der Waals surface area contributed by atoms with Gasteiger partial charge in [-0.15, -0.1) is 0 Å². The van der Waals surface area contributed by atoms with Crippen molar-refractivity contribution in [3.8, 4) is 0 Å². The van der Waals surface area contributed by atoms with Gasteiger partial charge < -0.3 is 26.3 Å². The number of quaternary nitrogens is 2. The van der Waals surface area contributed by atoms with Crippen LogP contribution >= 0.6 is 0 Å². The van der Waals surface area contributed by atoms with Gasteiger partial charge in [0.1, 0.15) is 6.04 Å². The van der Waals surface area contributed by atoms with E-state index in [0.717, 1.165) is 24.1 Å². The Morgan fingerprint density at radius 3 is 2.67 bits per heavy atom. The van der Waals surface area contributed by atoms with E-state index in [-0.39, 0.29) is 12.3 Å². The first-order chi connectivity index (χ1) is 9.93. The topological polar surface area (TPSA) is 113 Å². The van der Waals surface area contributed by atoms with Crippen LogP contribution in [0.15, 0.2) is 18.2 Å². The Morgan fingerprint density at radius 2 is 2.10 bits per heavy atom. The minimum Gasteiger partial charge on any atom is -0.544 e. The highest BCUT2D eigenvalue weighted by Gasteiger charge is 2.18. The third-order valence-electron chi connectivity index (χ3n) is 3.27. The summed E-state index contributed by atoms with van der Waals surface area (Å²) >= 11 is 0. The first-order valence-corrected chi connectivity index (χ1v) is 7.14. The SMILES string of the molecule is Cc1ccc(NC(=O)C[C@@H]([NH2+]CCC[NH3+])C(=O)[O-])c(C)c1. The molecule has 0 aliphatic heterocycles. The smallest absolute Gasteiger partial charge is 0.230 e. The molecule has 1 rings (SSSR count). The van der Waals surface area contributed by atoms with E-state index in [1.165, 1.54) is 0 Å². The van der Waals surface area contributed by atoms with Crippen LogP contribution in [0, 0.1) is 13.8 Å². The highest BCUT2D eigenvalue weighted by Crippen LogP contribution is 2.16. The summed E-state index contributed by atoms with van der Waals surface area (Å²) in [6.07, 6.45) is 0.704. The molecular weight excluding hydrogens is 270 g/mol. The molecule has 21 heavy (non-hydrogen) atoms. The number of hydrogen-bond donors (Lipinski definition) is 3. The van der Waals surface area contributed by atoms with Gasteiger partial charge >= 0.3 is 0 Å². The molecular formula is C15H24N3O3+. The maximum Gasteiger partial charge on any atom is 0.230 e. The van der Waals surface area contributed by atoms with Gasteiger partial charge in [0.05, 0.1) is 25.5 Å². The lowest BCUT2D eigenvalue weighted by molar-refractivity contribution is -0.684. The second-order valence-corrected chi connectivity index (χ2v) is 5.23. The molecule has 1 atom stereocenters. The summed E-state index contributed by atoms with van der Waals surface area (Å²) in [5, 5.41) is 15.4. The monoisotopic (exact) mass is 294 g/mol. The summed E-state index contributed by atoms with van der Waals surface area (Å²) in [5.74, 6) is -1.53. The van der Waals surface area contributed by atoms with Gasteiger partial charge in [0.2, 0.25) is 5.91 Å². The van der Waals surface area contributed by atoms with Gasteiger partial charge in [-0.25, -0.2) is 0 Å². The van der Waals surface area contributed by atoms with Crippen molar-refractivity contribution in [2.75, 3.05) is 18.4 Å². The molecule has 1 amide bonds. The van der Waals surface area contributed by atoms with Crippen LogP contribution in [0.5, 0.6) is 0 Å². The maximum absolute atomic E-state index is 12.0. The lowest BCUT2D eigenvalue weighted by Gasteiger charge is -2.16. The Labute approximate surface area is 124 Å². The van der Waals surface area contributed by atoms with Gasteiger partial charge in [0, 0.05) is 12.1 Å². The molecule has 6 heteroatoms. The predicted molar refractivity (Wildman–Crippen MR) is 77.1 cm³/mol. The Balaban J connectivity index is 2.59. The summed E-state index contributed by atoms with van der Waals surface area (Å²) in [4.78, 5) is 23.0. The van der Waals surface area contributed by atoms with Crippen LogP contribution in [-0.2, 0) is 9.59 Å². The zero-order valence-electron chi connectivity index (χ0n) is 12.6. The molecule has 6 N–H and O–H groups in total. The van der Waals surface area contributed by atoms with Gasteiger partial charge in [-0.3, -0.25) is 4.79 Å². The van der Waals surface area contributed by atoms with E-state index in [2.05, 4.69) is 11.1 Å². The molecule has 0 aliphatic rings. The molecule has 116 valence electrons. The molecule has 1 aromatic rings. The average Bonchev–Trinajstić information content (AvgIpc) is 2.41. The second kappa shape index (κ2) is 8.39. The van der Waals surface area contributed by atoms with E-state index in [4.69, 9.17) is 0 Å². The number of aliphatic carboxylic acids is 1. The van der Waals surface area contributed by atoms with Gasteiger partial charge in [-0.2, -0.15) is 0 Å². The maximum atomic E-state index is 12.0. The largest absolute Gasteiger partial charge is 0.544 e. The number of carboxylic acid groups (broad SMARTS) is 1. The summed E-state index contributed by atoms with van der Waals surface area (Å²) in [6, 6.07) is 4.83. The summed E-state index contributed by atoms with van der Waals surface area (Å²) in [7, 11) is 0. The van der Waals surface area contributed by atoms with Crippen molar-refractivity contribution in [2.24, 2.45) is 0 Å². The summed E-state index contributed by atoms with van der Waals surface area (Å²) < 4.78 is 0. The molecule has 0 unspecified atom stereocenters. The molecule has 0 bridgehead atoms. The Bertz CT molecular complexity index is 503. The highest BCUT2D eigenvalue weighted by molar-refractivity contribution is 5.94. The molecule has 0 saturated carbocycles. The number of carbonyl (C=O) groups excluding carboxylic acids is 2. The van der Waals surface area contributed by atoms with Crippen molar-refractivity contribution in [3.63, 3.8) is 0 Å². The Morgan fingerprint density at radius 1 is 1.38 bits per heavy atom. The van der Waals surface area contributed by atoms with Crippen LogP contribution in [0.25, 0.3) is 0 Å². The number of nitrogens with two attached hydrogens (primary N) is 1. The van der Waals surface area contributed by atoms with E-state index in [1.54, 1.807) is 5.32 Å². The summed E-state index contributed by atoms with van der Waals surface area (Å²) in [6.45, 7) is 5.24. The fourth-order valence-electron chi connectivity index (χ4n) is 2.08. The fourth-order valence-corrected chi connectivity index (χ4v) is 2.08. The van der Waals surface area contributed by atoms with Crippen molar-refractivity contribution in [2.45, 2.75) is 32.7 Å². The number of aryl methyl sites for hydroxylation is 2. The first kappa shape index (κ1) is 17.1. The van der Waals surface area contributed by atoms with Crippen molar-refractivity contribution in [1.29, 1.82) is 0 Å². The fraction of sp³-hybridized carbons (Fsp3) is 0.467. The van der Waals surface area contributed by atoms with E-state index in [1.807, 2.05) is 32.0 Å². The van der Waals surface area contributed by atoms with Crippen LogP contribution in [0.3, 0.4) is 0 Å². The van der Waals surface area contributed by atoms with Crippen LogP contribution in [0.4, 0.5) is 5.69 Å². The van der Waals surface area contributed by atoms with E-state index < -0.39 is 12.0 Å². The minimum atomic E-state index is -1.21. The van der Waals surface area contributed by atoms with Crippen LogP contribution in [0.1, 0.15) is 24.0 Å². The van der Waals surface area contributed by atoms with Crippen molar-refractivity contribution < 1.29 is 25.7 Å². The summed E-state index contributed by atoms with van der Waals surface area (Å²) in [5.41, 5.74) is 6.47. The van der Waals surface area contributed by atoms with Crippen molar-refractivity contribution >= 4 is 17.6 Å². The lowest BCUT2D eigenvalue weighted by atomic mass is 10.1. The third-order valence-corrected chi connectivity index (χ3v) is 3.27. The van der Waals surface area contributed by atoms with Gasteiger partial charge in [-0.05, 0) is 25.5 Å². The minimum absolute atomic E-state index is 0.104. The number of nitrogens with one attached hydrogen (secondary N) is 1. The van der Waals surface area contributed by atoms with Crippen LogP contribution < -0.4 is 21.5 Å². The number of anilines is 1. The molecule has 0 saturated heterocycles. The number of carbonyl (C=O) groups is 2. The highest BCUT2D eigenvalue weighted by atomic mass is 16.4. The van der Waals surface area contributed by atoms with E-state index >= 15 is 0 Å². The zero-order chi connectivity index (χ0) is 15.8. The number of rotatable bonds is 8. The van der Waals surface area contributed by atoms with Gasteiger partial charge in [0.25, 0.3) is 0 Å². The van der Waals surface area contributed by atoms with Gasteiger partial charge in [-0.1, -0.05) is 17.7 Å². The first-order valence-electron chi connectivity index (χ1n) is 7.14. The average molecular weight is 294 g/mol. The normalized spacial score (nSPS) is 12.0. The van der Waals surface area contributed by atoms with E-state index in [0.29, 0.717) is 12.2 Å². The molecule has 6 nitrogen and oxygen atoms in total. The standard InChI is InChI=1S/C15H23N3O3/c1-10-4-5-12(11(2)8-10)18-14(19)9-13(15(20)21)17-7-3-6-16/h4-5,8,13,17H,3,6-7,9,16H2,1-2H3,(H,18,19)(H,20,21)/p+1/t13-/m1/s1. The number of benzene rings is 1.